The van der Waals surface area contributed by atoms with Crippen LogP contribution in [0.2, 0.25) is 0 Å². The maximum Gasteiger partial charge on any atom is 0.410 e. The van der Waals surface area contributed by atoms with E-state index in [1.165, 1.54) is 6.07 Å². The van der Waals surface area contributed by atoms with E-state index in [0.29, 0.717) is 24.6 Å². The second kappa shape index (κ2) is 8.11. The van der Waals surface area contributed by atoms with Crippen LogP contribution in [0.4, 0.5) is 4.79 Å². The summed E-state index contributed by atoms with van der Waals surface area (Å²) in [5, 5.41) is 0. The number of amides is 1. The van der Waals surface area contributed by atoms with E-state index < -0.39 is 15.6 Å². The average Bonchev–Trinajstić information content (AvgIpc) is 2.89. The zero-order valence-electron chi connectivity index (χ0n) is 16.7. The lowest BCUT2D eigenvalue weighted by molar-refractivity contribution is 0.0159. The molecule has 1 aromatic rings. The van der Waals surface area contributed by atoms with Gasteiger partial charge in [-0.05, 0) is 64.5 Å². The smallest absolute Gasteiger partial charge is 0.410 e. The Kier molecular flexibility index (Phi) is 5.98. The highest BCUT2D eigenvalue weighted by Gasteiger charge is 2.30. The number of rotatable bonds is 4. The highest BCUT2D eigenvalue weighted by molar-refractivity contribution is 7.90. The Balaban J connectivity index is 1.46. The van der Waals surface area contributed by atoms with Gasteiger partial charge in [-0.3, -0.25) is 0 Å². The molecule has 154 valence electrons. The van der Waals surface area contributed by atoms with Crippen molar-refractivity contribution in [2.24, 2.45) is 10.3 Å². The lowest BCUT2D eigenvalue weighted by Gasteiger charge is -2.34. The SMILES string of the molecule is CC(C)(C)OC(=O)N1CCCC(CCCOC2=NS(=O)(=O)c3ccccc32)C1. The molecule has 0 bridgehead atoms. The Morgan fingerprint density at radius 1 is 1.29 bits per heavy atom. The summed E-state index contributed by atoms with van der Waals surface area (Å²) in [4.78, 5) is 14.2. The van der Waals surface area contributed by atoms with Crippen molar-refractivity contribution in [3.05, 3.63) is 29.8 Å². The first kappa shape index (κ1) is 20.6. The van der Waals surface area contributed by atoms with E-state index in [0.717, 1.165) is 32.2 Å². The Morgan fingerprint density at radius 2 is 2.04 bits per heavy atom. The molecule has 8 heteroatoms. The lowest BCUT2D eigenvalue weighted by atomic mass is 9.94. The summed E-state index contributed by atoms with van der Waals surface area (Å²) in [5.74, 6) is 0.570. The van der Waals surface area contributed by atoms with E-state index in [1.807, 2.05) is 20.8 Å². The Labute approximate surface area is 166 Å². The van der Waals surface area contributed by atoms with Gasteiger partial charge in [0, 0.05) is 13.1 Å². The van der Waals surface area contributed by atoms with Gasteiger partial charge in [-0.15, -0.1) is 4.40 Å². The molecule has 1 fully saturated rings. The van der Waals surface area contributed by atoms with Crippen molar-refractivity contribution in [3.8, 4) is 0 Å². The van der Waals surface area contributed by atoms with E-state index in [4.69, 9.17) is 9.47 Å². The van der Waals surface area contributed by atoms with Crippen molar-refractivity contribution in [3.63, 3.8) is 0 Å². The molecule has 7 nitrogen and oxygen atoms in total. The summed E-state index contributed by atoms with van der Waals surface area (Å²) >= 11 is 0. The molecule has 0 radical (unpaired) electrons. The molecule has 0 aliphatic carbocycles. The van der Waals surface area contributed by atoms with Crippen molar-refractivity contribution >= 4 is 22.0 Å². The van der Waals surface area contributed by atoms with Gasteiger partial charge in [0.15, 0.2) is 0 Å². The Hall–Kier alpha value is -2.09. The number of ether oxygens (including phenoxy) is 2. The van der Waals surface area contributed by atoms with Crippen molar-refractivity contribution in [2.75, 3.05) is 19.7 Å². The molecule has 1 atom stereocenters. The third-order valence-electron chi connectivity index (χ3n) is 4.76. The molecule has 0 spiro atoms. The summed E-state index contributed by atoms with van der Waals surface area (Å²) in [6.45, 7) is 7.42. The fraction of sp³-hybridized carbons (Fsp3) is 0.600. The molecule has 1 saturated heterocycles. The fourth-order valence-electron chi connectivity index (χ4n) is 3.51. The predicted octanol–water partition coefficient (Wildman–Crippen LogP) is 3.58. The van der Waals surface area contributed by atoms with Gasteiger partial charge in [-0.1, -0.05) is 12.1 Å². The van der Waals surface area contributed by atoms with E-state index >= 15 is 0 Å². The normalized spacial score (nSPS) is 21.0. The average molecular weight is 409 g/mol. The van der Waals surface area contributed by atoms with Crippen LogP contribution in [-0.4, -0.2) is 50.6 Å². The van der Waals surface area contributed by atoms with Gasteiger partial charge < -0.3 is 14.4 Å². The standard InChI is InChI=1S/C20H28N2O5S/c1-20(2,3)27-19(23)22-12-6-8-15(14-22)9-7-13-26-18-16-10-4-5-11-17(16)28(24,25)21-18/h4-5,10-11,15H,6-9,12-14H2,1-3H3. The first-order valence-corrected chi connectivity index (χ1v) is 11.1. The molecule has 0 N–H and O–H groups in total. The molecule has 0 saturated carbocycles. The van der Waals surface area contributed by atoms with Crippen LogP contribution in [0, 0.1) is 5.92 Å². The minimum atomic E-state index is -3.64. The van der Waals surface area contributed by atoms with Crippen molar-refractivity contribution in [2.45, 2.75) is 57.0 Å². The zero-order chi connectivity index (χ0) is 20.4. The Morgan fingerprint density at radius 3 is 2.79 bits per heavy atom. The summed E-state index contributed by atoms with van der Waals surface area (Å²) in [6.07, 6.45) is 3.45. The highest BCUT2D eigenvalue weighted by atomic mass is 32.2. The molecular formula is C20H28N2O5S. The molecule has 2 aliphatic heterocycles. The zero-order valence-corrected chi connectivity index (χ0v) is 17.5. The van der Waals surface area contributed by atoms with Gasteiger partial charge in [0.1, 0.15) is 10.5 Å². The topological polar surface area (TPSA) is 85.3 Å². The molecule has 28 heavy (non-hydrogen) atoms. The number of nitrogens with zero attached hydrogens (tertiary/aromatic N) is 2. The van der Waals surface area contributed by atoms with Crippen molar-refractivity contribution in [1.82, 2.24) is 4.90 Å². The number of hydrogen-bond acceptors (Lipinski definition) is 5. The number of carbonyl (C=O) groups is 1. The van der Waals surface area contributed by atoms with Crippen LogP contribution in [0.3, 0.4) is 0 Å². The minimum Gasteiger partial charge on any atom is -0.477 e. The Bertz CT molecular complexity index is 858. The van der Waals surface area contributed by atoms with Gasteiger partial charge in [0.05, 0.1) is 12.2 Å². The first-order valence-electron chi connectivity index (χ1n) is 9.71. The lowest BCUT2D eigenvalue weighted by Crippen LogP contribution is -2.42. The second-order valence-corrected chi connectivity index (χ2v) is 9.87. The first-order chi connectivity index (χ1) is 13.2. The molecule has 2 aliphatic rings. The van der Waals surface area contributed by atoms with E-state index in [-0.39, 0.29) is 16.9 Å². The van der Waals surface area contributed by atoms with Crippen molar-refractivity contribution in [1.29, 1.82) is 0 Å². The van der Waals surface area contributed by atoms with Crippen LogP contribution in [0.15, 0.2) is 33.6 Å². The quantitative estimate of drug-likeness (QED) is 0.711. The number of sulfonamides is 1. The second-order valence-electron chi connectivity index (χ2n) is 8.29. The molecule has 0 aromatic heterocycles. The summed E-state index contributed by atoms with van der Waals surface area (Å²) in [7, 11) is -3.64. The van der Waals surface area contributed by atoms with Gasteiger partial charge in [0.2, 0.25) is 5.90 Å². The number of likely N-dealkylation sites (tertiary alicyclic amines) is 1. The molecular weight excluding hydrogens is 380 g/mol. The molecule has 2 heterocycles. The molecule has 3 rings (SSSR count). The predicted molar refractivity (Wildman–Crippen MR) is 106 cm³/mol. The van der Waals surface area contributed by atoms with Crippen LogP contribution < -0.4 is 0 Å². The summed E-state index contributed by atoms with van der Waals surface area (Å²) < 4.78 is 38.9. The van der Waals surface area contributed by atoms with Crippen molar-refractivity contribution < 1.29 is 22.7 Å². The molecule has 1 unspecified atom stereocenters. The maximum absolute atomic E-state index is 12.2. The van der Waals surface area contributed by atoms with E-state index in [1.54, 1.807) is 23.1 Å². The van der Waals surface area contributed by atoms with Crippen LogP contribution in [0.1, 0.15) is 52.0 Å². The van der Waals surface area contributed by atoms with Gasteiger partial charge in [0.25, 0.3) is 10.0 Å². The van der Waals surface area contributed by atoms with E-state index in [9.17, 15) is 13.2 Å². The highest BCUT2D eigenvalue weighted by Crippen LogP contribution is 2.27. The number of benzene rings is 1. The largest absolute Gasteiger partial charge is 0.477 e. The third kappa shape index (κ3) is 5.04. The summed E-state index contributed by atoms with van der Waals surface area (Å²) in [6, 6.07) is 6.69. The number of piperidine rings is 1. The van der Waals surface area contributed by atoms with Crippen LogP contribution in [0.25, 0.3) is 0 Å². The molecule has 1 aromatic carbocycles. The van der Waals surface area contributed by atoms with Gasteiger partial charge >= 0.3 is 6.09 Å². The summed E-state index contributed by atoms with van der Waals surface area (Å²) in [5.41, 5.74) is 0.0347. The number of carbonyl (C=O) groups excluding carboxylic acids is 1. The van der Waals surface area contributed by atoms with Gasteiger partial charge in [-0.25, -0.2) is 4.79 Å². The number of fused-ring (bicyclic) bond motifs is 1. The monoisotopic (exact) mass is 408 g/mol. The van der Waals surface area contributed by atoms with Crippen LogP contribution in [0.5, 0.6) is 0 Å². The third-order valence-corrected chi connectivity index (χ3v) is 6.08. The number of hydrogen-bond donors (Lipinski definition) is 0. The minimum absolute atomic E-state index is 0.176. The van der Waals surface area contributed by atoms with Gasteiger partial charge in [-0.2, -0.15) is 8.42 Å². The maximum atomic E-state index is 12.2. The van der Waals surface area contributed by atoms with Crippen LogP contribution in [-0.2, 0) is 19.5 Å². The van der Waals surface area contributed by atoms with Crippen LogP contribution >= 0.6 is 0 Å². The molecule has 1 amide bonds. The van der Waals surface area contributed by atoms with E-state index in [2.05, 4.69) is 4.40 Å². The fourth-order valence-corrected chi connectivity index (χ4v) is 4.67.